The van der Waals surface area contributed by atoms with Gasteiger partial charge in [-0.3, -0.25) is 14.7 Å². The summed E-state index contributed by atoms with van der Waals surface area (Å²) in [4.78, 5) is 26.5. The first-order valence-electron chi connectivity index (χ1n) is 12.1. The molecule has 2 aliphatic rings. The third-order valence-corrected chi connectivity index (χ3v) is 6.51. The Kier molecular flexibility index (Phi) is 7.61. The van der Waals surface area contributed by atoms with Gasteiger partial charge in [-0.05, 0) is 63.5 Å². The quantitative estimate of drug-likeness (QED) is 0.592. The summed E-state index contributed by atoms with van der Waals surface area (Å²) < 4.78 is 5.70. The lowest BCUT2D eigenvalue weighted by atomic mass is 9.94. The lowest BCUT2D eigenvalue weighted by molar-refractivity contribution is 0.230. The van der Waals surface area contributed by atoms with Gasteiger partial charge in [0.05, 0.1) is 7.11 Å². The zero-order chi connectivity index (χ0) is 24.9. The molecule has 0 saturated carbocycles. The molecular weight excluding hydrogens is 436 g/mol. The highest BCUT2D eigenvalue weighted by molar-refractivity contribution is 5.72. The van der Waals surface area contributed by atoms with E-state index in [4.69, 9.17) is 9.72 Å². The number of ether oxygens (including phenoxy) is 1. The third kappa shape index (κ3) is 5.77. The molecule has 0 amide bonds. The van der Waals surface area contributed by atoms with Gasteiger partial charge in [-0.2, -0.15) is 0 Å². The second-order valence-electron chi connectivity index (χ2n) is 9.28. The molecule has 0 fully saturated rings. The van der Waals surface area contributed by atoms with Gasteiger partial charge in [0, 0.05) is 60.3 Å². The second-order valence-corrected chi connectivity index (χ2v) is 9.28. The van der Waals surface area contributed by atoms with E-state index in [-0.39, 0.29) is 11.6 Å². The molecule has 3 heterocycles. The van der Waals surface area contributed by atoms with Gasteiger partial charge in [-0.25, -0.2) is 4.98 Å². The minimum atomic E-state index is -0.132. The van der Waals surface area contributed by atoms with E-state index in [0.717, 1.165) is 54.1 Å². The first-order valence-corrected chi connectivity index (χ1v) is 12.1. The number of hydrogen-bond donors (Lipinski definition) is 1. The Morgan fingerprint density at radius 2 is 2.11 bits per heavy atom. The molecule has 0 aromatic carbocycles. The van der Waals surface area contributed by atoms with Crippen LogP contribution >= 0.6 is 0 Å². The number of rotatable bonds is 6. The largest absolute Gasteiger partial charge is 0.496 e. The Bertz CT molecular complexity index is 1310. The summed E-state index contributed by atoms with van der Waals surface area (Å²) in [6.45, 7) is 9.83. The molecule has 1 aliphatic carbocycles. The van der Waals surface area contributed by atoms with E-state index in [1.165, 1.54) is 17.2 Å². The van der Waals surface area contributed by atoms with Crippen molar-refractivity contribution in [3.63, 3.8) is 0 Å². The maximum absolute atomic E-state index is 11.9. The molecule has 1 atom stereocenters. The van der Waals surface area contributed by atoms with Crippen LogP contribution < -0.4 is 5.56 Å². The molecule has 182 valence electrons. The van der Waals surface area contributed by atoms with Crippen LogP contribution in [0.15, 0.2) is 70.4 Å². The van der Waals surface area contributed by atoms with Gasteiger partial charge < -0.3 is 9.72 Å². The summed E-state index contributed by atoms with van der Waals surface area (Å²) in [5.41, 5.74) is 7.68. The molecule has 2 aromatic heterocycles. The number of H-pyrrole nitrogens is 1. The number of nitrogens with one attached hydrogen (secondary N) is 1. The van der Waals surface area contributed by atoms with Crippen molar-refractivity contribution < 1.29 is 4.74 Å². The highest BCUT2D eigenvalue weighted by atomic mass is 16.5. The molecule has 35 heavy (non-hydrogen) atoms. The highest BCUT2D eigenvalue weighted by Gasteiger charge is 2.25. The molecule has 1 aliphatic heterocycles. The number of nitrogens with zero attached hydrogens (tertiary/aromatic N) is 3. The maximum atomic E-state index is 11.9. The number of pyridine rings is 1. The van der Waals surface area contributed by atoms with E-state index in [0.29, 0.717) is 11.5 Å². The van der Waals surface area contributed by atoms with E-state index in [9.17, 15) is 4.79 Å². The van der Waals surface area contributed by atoms with E-state index < -0.39 is 0 Å². The molecule has 2 aromatic rings. The maximum Gasteiger partial charge on any atom is 0.251 e. The van der Waals surface area contributed by atoms with Gasteiger partial charge in [0.25, 0.3) is 5.56 Å². The van der Waals surface area contributed by atoms with E-state index in [2.05, 4.69) is 53.0 Å². The minimum Gasteiger partial charge on any atom is -0.496 e. The van der Waals surface area contributed by atoms with Gasteiger partial charge >= 0.3 is 0 Å². The molecular formula is C29H34N4O2. The van der Waals surface area contributed by atoms with Gasteiger partial charge in [-0.1, -0.05) is 29.9 Å². The van der Waals surface area contributed by atoms with Crippen LogP contribution in [-0.2, 0) is 17.7 Å². The fourth-order valence-corrected chi connectivity index (χ4v) is 4.83. The molecule has 0 saturated heterocycles. The normalized spacial score (nSPS) is 17.9. The lowest BCUT2D eigenvalue weighted by Gasteiger charge is -2.34. The predicted molar refractivity (Wildman–Crippen MR) is 142 cm³/mol. The lowest BCUT2D eigenvalue weighted by Crippen LogP contribution is -2.39. The molecule has 0 radical (unpaired) electrons. The molecule has 0 bridgehead atoms. The summed E-state index contributed by atoms with van der Waals surface area (Å²) in [6, 6.07) is 3.89. The highest BCUT2D eigenvalue weighted by Crippen LogP contribution is 2.32. The van der Waals surface area contributed by atoms with Gasteiger partial charge in [0.1, 0.15) is 11.6 Å². The van der Waals surface area contributed by atoms with Crippen LogP contribution in [-0.4, -0.2) is 39.5 Å². The Morgan fingerprint density at radius 1 is 1.29 bits per heavy atom. The van der Waals surface area contributed by atoms with Crippen LogP contribution in [0.4, 0.5) is 0 Å². The summed E-state index contributed by atoms with van der Waals surface area (Å²) in [5.74, 6) is 1.48. The monoisotopic (exact) mass is 470 g/mol. The number of hydrogen-bond acceptors (Lipinski definition) is 5. The number of fused-ring (bicyclic) bond motifs is 1. The topological polar surface area (TPSA) is 71.1 Å². The Balaban J connectivity index is 1.64. The first kappa shape index (κ1) is 24.6. The summed E-state index contributed by atoms with van der Waals surface area (Å²) in [7, 11) is 1.72. The van der Waals surface area contributed by atoms with Crippen molar-refractivity contribution in [3.8, 4) is 0 Å². The Hall–Kier alpha value is -3.51. The van der Waals surface area contributed by atoms with E-state index in [1.54, 1.807) is 7.11 Å². The zero-order valence-corrected chi connectivity index (χ0v) is 21.3. The van der Waals surface area contributed by atoms with Crippen LogP contribution in [0.5, 0.6) is 0 Å². The summed E-state index contributed by atoms with van der Waals surface area (Å²) in [5, 5.41) is 0. The van der Waals surface area contributed by atoms with E-state index in [1.807, 2.05) is 38.3 Å². The second kappa shape index (κ2) is 10.8. The molecule has 6 heteroatoms. The average Bonchev–Trinajstić information content (AvgIpc) is 3.02. The zero-order valence-electron chi connectivity index (χ0n) is 21.3. The smallest absolute Gasteiger partial charge is 0.251 e. The molecule has 6 nitrogen and oxygen atoms in total. The van der Waals surface area contributed by atoms with Gasteiger partial charge in [0.2, 0.25) is 0 Å². The first-order chi connectivity index (χ1) is 16.9. The van der Waals surface area contributed by atoms with Crippen molar-refractivity contribution in [2.45, 2.75) is 53.1 Å². The summed E-state index contributed by atoms with van der Waals surface area (Å²) in [6.07, 6.45) is 16.2. The Labute approximate surface area is 207 Å². The fourth-order valence-electron chi connectivity index (χ4n) is 4.83. The van der Waals surface area contributed by atoms with Crippen molar-refractivity contribution >= 4 is 11.6 Å². The number of allylic oxidation sites excluding steroid dienone is 6. The molecule has 1 unspecified atom stereocenters. The van der Waals surface area contributed by atoms with Crippen LogP contribution in [0.3, 0.4) is 0 Å². The van der Waals surface area contributed by atoms with Gasteiger partial charge in [-0.15, -0.1) is 0 Å². The van der Waals surface area contributed by atoms with Crippen molar-refractivity contribution in [1.29, 1.82) is 0 Å². The number of aromatic nitrogens is 3. The third-order valence-electron chi connectivity index (χ3n) is 6.51. The Morgan fingerprint density at radius 3 is 2.86 bits per heavy atom. The average molecular weight is 471 g/mol. The van der Waals surface area contributed by atoms with Crippen LogP contribution in [0.25, 0.3) is 11.6 Å². The number of aryl methyl sites for hydroxylation is 1. The fraction of sp³-hybridized carbons (Fsp3) is 0.345. The molecule has 1 N–H and O–H groups in total. The summed E-state index contributed by atoms with van der Waals surface area (Å²) >= 11 is 0. The molecule has 0 spiro atoms. The SMILES string of the molecule is C/C=C\C(/C(C)=C\c1nc(C)cc(=O)[nH]1)N1CCc2ncc(C3=C(OC)C=CC=C(C)C3)cc2C1. The van der Waals surface area contributed by atoms with Crippen molar-refractivity contribution in [2.75, 3.05) is 13.7 Å². The minimum absolute atomic E-state index is 0.0994. The van der Waals surface area contributed by atoms with Crippen molar-refractivity contribution in [1.82, 2.24) is 19.9 Å². The predicted octanol–water partition coefficient (Wildman–Crippen LogP) is 5.14. The van der Waals surface area contributed by atoms with E-state index >= 15 is 0 Å². The van der Waals surface area contributed by atoms with Crippen molar-refractivity contribution in [3.05, 3.63) is 104 Å². The van der Waals surface area contributed by atoms with Crippen molar-refractivity contribution in [2.24, 2.45) is 0 Å². The van der Waals surface area contributed by atoms with Gasteiger partial charge in [0.15, 0.2) is 0 Å². The van der Waals surface area contributed by atoms with Crippen LogP contribution in [0.1, 0.15) is 55.5 Å². The van der Waals surface area contributed by atoms with Crippen LogP contribution in [0, 0.1) is 6.92 Å². The number of aromatic amines is 1. The van der Waals surface area contributed by atoms with Crippen LogP contribution in [0.2, 0.25) is 0 Å². The standard InChI is InChI=1S/C29H34N4O2/c1-6-8-26(20(3)14-28-31-21(4)15-29(34)32-28)33-12-11-25-23(18-33)16-22(17-30-25)24-13-19(2)9-7-10-27(24)35-5/h6-10,14-17,26H,11-13,18H2,1-5H3,(H,31,32,34)/b8-6-,20-14-. The number of methoxy groups -OCH3 is 1. The molecule has 4 rings (SSSR count).